The molecule has 1 aromatic heterocycles. The first-order valence-corrected chi connectivity index (χ1v) is 9.31. The summed E-state index contributed by atoms with van der Waals surface area (Å²) in [6, 6.07) is 8.18. The summed E-state index contributed by atoms with van der Waals surface area (Å²) in [5, 5.41) is 0. The summed E-state index contributed by atoms with van der Waals surface area (Å²) in [6.07, 6.45) is 6.45. The first-order chi connectivity index (χ1) is 12.1. The van der Waals surface area contributed by atoms with Crippen LogP contribution in [0.1, 0.15) is 51.2 Å². The van der Waals surface area contributed by atoms with Crippen LogP contribution in [0.15, 0.2) is 30.5 Å². The Labute approximate surface area is 149 Å². The molecule has 4 rings (SSSR count). The van der Waals surface area contributed by atoms with Gasteiger partial charge in [-0.05, 0) is 55.4 Å². The van der Waals surface area contributed by atoms with Crippen LogP contribution in [0.5, 0.6) is 11.5 Å². The van der Waals surface area contributed by atoms with Gasteiger partial charge < -0.3 is 15.2 Å². The number of nitrogen functional groups attached to an aromatic ring is 1. The summed E-state index contributed by atoms with van der Waals surface area (Å²) in [7, 11) is 0. The normalized spacial score (nSPS) is 18.4. The van der Waals surface area contributed by atoms with E-state index >= 15 is 0 Å². The lowest BCUT2D eigenvalue weighted by molar-refractivity contribution is 0.177. The number of anilines is 1. The molecule has 25 heavy (non-hydrogen) atoms. The lowest BCUT2D eigenvalue weighted by atomic mass is 9.91. The SMILES string of the molecule is CC(C)CCCOc1ccc2c(c1)OC(C1CC1)c1c-2ccnc1N. The third kappa shape index (κ3) is 3.30. The molecule has 1 saturated carbocycles. The summed E-state index contributed by atoms with van der Waals surface area (Å²) >= 11 is 0. The lowest BCUT2D eigenvalue weighted by Crippen LogP contribution is -2.18. The predicted octanol–water partition coefficient (Wildman–Crippen LogP) is 4.99. The van der Waals surface area contributed by atoms with Crippen LogP contribution in [-0.4, -0.2) is 11.6 Å². The van der Waals surface area contributed by atoms with Crippen LogP contribution in [0.4, 0.5) is 5.82 Å². The number of ether oxygens (including phenoxy) is 2. The number of fused-ring (bicyclic) bond motifs is 3. The molecular weight excluding hydrogens is 312 g/mol. The molecule has 0 amide bonds. The van der Waals surface area contributed by atoms with E-state index in [0.717, 1.165) is 41.2 Å². The van der Waals surface area contributed by atoms with Gasteiger partial charge in [0.1, 0.15) is 23.4 Å². The van der Waals surface area contributed by atoms with Crippen LogP contribution in [0, 0.1) is 11.8 Å². The topological polar surface area (TPSA) is 57.4 Å². The number of hydrogen-bond acceptors (Lipinski definition) is 4. The van der Waals surface area contributed by atoms with Crippen LogP contribution in [0.3, 0.4) is 0 Å². The molecule has 2 N–H and O–H groups in total. The second-order valence-corrected chi connectivity index (χ2v) is 7.58. The van der Waals surface area contributed by atoms with Crippen LogP contribution in [0.25, 0.3) is 11.1 Å². The molecule has 2 aliphatic rings. The monoisotopic (exact) mass is 338 g/mol. The number of nitrogens with two attached hydrogens (primary N) is 1. The van der Waals surface area contributed by atoms with Gasteiger partial charge in [-0.2, -0.15) is 0 Å². The average Bonchev–Trinajstić information content (AvgIpc) is 3.43. The Hall–Kier alpha value is -2.23. The third-order valence-corrected chi connectivity index (χ3v) is 5.05. The van der Waals surface area contributed by atoms with E-state index in [4.69, 9.17) is 15.2 Å². The van der Waals surface area contributed by atoms with Gasteiger partial charge in [0.05, 0.1) is 6.61 Å². The van der Waals surface area contributed by atoms with Gasteiger partial charge in [0, 0.05) is 29.3 Å². The summed E-state index contributed by atoms with van der Waals surface area (Å²) in [4.78, 5) is 4.28. The standard InChI is InChI=1S/C21H26N2O2/c1-13(2)4-3-11-24-15-7-8-16-17-9-10-23-21(22)19(17)20(14-5-6-14)25-18(16)12-15/h7-10,12-14,20H,3-6,11H2,1-2H3,(H2,22,23). The zero-order valence-electron chi connectivity index (χ0n) is 15.0. The second kappa shape index (κ2) is 6.58. The van der Waals surface area contributed by atoms with Gasteiger partial charge in [0.25, 0.3) is 0 Å². The fourth-order valence-electron chi connectivity index (χ4n) is 3.54. The van der Waals surface area contributed by atoms with Crippen molar-refractivity contribution in [2.24, 2.45) is 11.8 Å². The first-order valence-electron chi connectivity index (χ1n) is 9.31. The first kappa shape index (κ1) is 16.2. The second-order valence-electron chi connectivity index (χ2n) is 7.58. The highest BCUT2D eigenvalue weighted by molar-refractivity contribution is 5.79. The molecule has 1 aliphatic heterocycles. The Morgan fingerprint density at radius 3 is 2.84 bits per heavy atom. The van der Waals surface area contributed by atoms with Crippen molar-refractivity contribution in [3.05, 3.63) is 36.0 Å². The molecule has 1 atom stereocenters. The highest BCUT2D eigenvalue weighted by Crippen LogP contribution is 2.52. The molecule has 2 heterocycles. The molecule has 1 aliphatic carbocycles. The van der Waals surface area contributed by atoms with Crippen molar-refractivity contribution in [2.45, 2.75) is 45.6 Å². The molecule has 1 fully saturated rings. The molecular formula is C21H26N2O2. The minimum absolute atomic E-state index is 0.0207. The fourth-order valence-corrected chi connectivity index (χ4v) is 3.54. The maximum atomic E-state index is 6.35. The number of aromatic nitrogens is 1. The maximum Gasteiger partial charge on any atom is 0.131 e. The lowest BCUT2D eigenvalue weighted by Gasteiger charge is -2.29. The van der Waals surface area contributed by atoms with Crippen molar-refractivity contribution >= 4 is 5.82 Å². The Balaban J connectivity index is 1.59. The van der Waals surface area contributed by atoms with Crippen LogP contribution in [-0.2, 0) is 0 Å². The quantitative estimate of drug-likeness (QED) is 0.754. The molecule has 0 spiro atoms. The maximum absolute atomic E-state index is 6.35. The molecule has 0 bridgehead atoms. The fraction of sp³-hybridized carbons (Fsp3) is 0.476. The van der Waals surface area contributed by atoms with Crippen LogP contribution in [0.2, 0.25) is 0 Å². The number of hydrogen-bond donors (Lipinski definition) is 1. The Kier molecular flexibility index (Phi) is 4.28. The van der Waals surface area contributed by atoms with E-state index in [0.29, 0.717) is 17.7 Å². The number of nitrogens with zero attached hydrogens (tertiary/aromatic N) is 1. The third-order valence-electron chi connectivity index (χ3n) is 5.05. The van der Waals surface area contributed by atoms with E-state index in [1.54, 1.807) is 6.20 Å². The highest BCUT2D eigenvalue weighted by Gasteiger charge is 2.40. The predicted molar refractivity (Wildman–Crippen MR) is 99.7 cm³/mol. The smallest absolute Gasteiger partial charge is 0.131 e. The van der Waals surface area contributed by atoms with Crippen molar-refractivity contribution in [3.8, 4) is 22.6 Å². The molecule has 4 heteroatoms. The molecule has 0 radical (unpaired) electrons. The van der Waals surface area contributed by atoms with Crippen molar-refractivity contribution in [1.29, 1.82) is 0 Å². The average molecular weight is 338 g/mol. The minimum Gasteiger partial charge on any atom is -0.493 e. The Morgan fingerprint density at radius 2 is 2.08 bits per heavy atom. The minimum atomic E-state index is 0.0207. The summed E-state index contributed by atoms with van der Waals surface area (Å²) in [5.41, 5.74) is 9.46. The number of pyridine rings is 1. The highest BCUT2D eigenvalue weighted by atomic mass is 16.5. The van der Waals surface area contributed by atoms with Crippen molar-refractivity contribution < 1.29 is 9.47 Å². The molecule has 132 valence electrons. The number of benzene rings is 1. The molecule has 0 saturated heterocycles. The molecule has 2 aromatic rings. The Bertz CT molecular complexity index is 768. The van der Waals surface area contributed by atoms with E-state index in [1.807, 2.05) is 18.2 Å². The van der Waals surface area contributed by atoms with Gasteiger partial charge in [-0.1, -0.05) is 13.8 Å². The molecule has 1 aromatic carbocycles. The van der Waals surface area contributed by atoms with Gasteiger partial charge in [-0.15, -0.1) is 0 Å². The van der Waals surface area contributed by atoms with E-state index in [9.17, 15) is 0 Å². The van der Waals surface area contributed by atoms with Crippen LogP contribution < -0.4 is 15.2 Å². The van der Waals surface area contributed by atoms with Crippen LogP contribution >= 0.6 is 0 Å². The van der Waals surface area contributed by atoms with Gasteiger partial charge >= 0.3 is 0 Å². The molecule has 1 unspecified atom stereocenters. The van der Waals surface area contributed by atoms with Crippen molar-refractivity contribution in [1.82, 2.24) is 4.98 Å². The van der Waals surface area contributed by atoms with E-state index in [2.05, 4.69) is 24.9 Å². The van der Waals surface area contributed by atoms with Gasteiger partial charge in [0.2, 0.25) is 0 Å². The summed E-state index contributed by atoms with van der Waals surface area (Å²) in [5.74, 6) is 3.63. The van der Waals surface area contributed by atoms with E-state index in [-0.39, 0.29) is 6.10 Å². The molecule has 4 nitrogen and oxygen atoms in total. The van der Waals surface area contributed by atoms with Gasteiger partial charge in [-0.3, -0.25) is 0 Å². The summed E-state index contributed by atoms with van der Waals surface area (Å²) < 4.78 is 12.3. The van der Waals surface area contributed by atoms with Crippen molar-refractivity contribution in [2.75, 3.05) is 12.3 Å². The largest absolute Gasteiger partial charge is 0.493 e. The van der Waals surface area contributed by atoms with Gasteiger partial charge in [-0.25, -0.2) is 4.98 Å². The summed E-state index contributed by atoms with van der Waals surface area (Å²) in [6.45, 7) is 5.22. The number of rotatable bonds is 6. The van der Waals surface area contributed by atoms with Crippen molar-refractivity contribution in [3.63, 3.8) is 0 Å². The zero-order chi connectivity index (χ0) is 17.4. The Morgan fingerprint density at radius 1 is 1.24 bits per heavy atom. The van der Waals surface area contributed by atoms with Gasteiger partial charge in [0.15, 0.2) is 0 Å². The zero-order valence-corrected chi connectivity index (χ0v) is 15.0. The van der Waals surface area contributed by atoms with E-state index < -0.39 is 0 Å². The van der Waals surface area contributed by atoms with E-state index in [1.165, 1.54) is 19.3 Å².